The topological polar surface area (TPSA) is 82.0 Å². The van der Waals surface area contributed by atoms with E-state index >= 15 is 0 Å². The van der Waals surface area contributed by atoms with Crippen molar-refractivity contribution in [1.29, 1.82) is 5.26 Å². The van der Waals surface area contributed by atoms with E-state index in [1.807, 2.05) is 27.7 Å². The van der Waals surface area contributed by atoms with Gasteiger partial charge in [0.2, 0.25) is 11.8 Å². The van der Waals surface area contributed by atoms with Crippen LogP contribution >= 0.6 is 0 Å². The van der Waals surface area contributed by atoms with Crippen LogP contribution in [0.5, 0.6) is 0 Å². The molecule has 116 valence electrons. The Morgan fingerprint density at radius 2 is 1.82 bits per heavy atom. The average molecular weight is 299 g/mol. The molecule has 5 nitrogen and oxygen atoms in total. The Balaban J connectivity index is 2.77. The van der Waals surface area contributed by atoms with Crippen molar-refractivity contribution < 1.29 is 9.59 Å². The molecule has 0 spiro atoms. The van der Waals surface area contributed by atoms with Gasteiger partial charge in [0.25, 0.3) is 0 Å². The highest BCUT2D eigenvalue weighted by Crippen LogP contribution is 2.24. The monoisotopic (exact) mass is 299 g/mol. The van der Waals surface area contributed by atoms with Crippen molar-refractivity contribution in [3.63, 3.8) is 0 Å². The molecule has 1 aromatic rings. The molecule has 0 aliphatic heterocycles. The van der Waals surface area contributed by atoms with Crippen LogP contribution in [0.1, 0.15) is 34.1 Å². The smallest absolute Gasteiger partial charge is 0.248 e. The summed E-state index contributed by atoms with van der Waals surface area (Å²) >= 11 is 0. The van der Waals surface area contributed by atoms with Crippen molar-refractivity contribution in [3.05, 3.63) is 35.9 Å². The van der Waals surface area contributed by atoms with Gasteiger partial charge in [-0.15, -0.1) is 0 Å². The minimum Gasteiger partial charge on any atom is -0.325 e. The molecule has 0 fully saturated rings. The van der Waals surface area contributed by atoms with Gasteiger partial charge in [-0.2, -0.15) is 5.26 Å². The molecule has 0 atom stereocenters. The summed E-state index contributed by atoms with van der Waals surface area (Å²) in [5, 5.41) is 13.8. The van der Waals surface area contributed by atoms with Gasteiger partial charge in [-0.3, -0.25) is 9.59 Å². The van der Waals surface area contributed by atoms with E-state index in [1.54, 1.807) is 36.4 Å². The fourth-order valence-electron chi connectivity index (χ4n) is 1.54. The predicted molar refractivity (Wildman–Crippen MR) is 87.1 cm³/mol. The quantitative estimate of drug-likeness (QED) is 0.835. The maximum absolute atomic E-state index is 12.0. The van der Waals surface area contributed by atoms with E-state index in [0.29, 0.717) is 11.4 Å². The number of benzene rings is 1. The van der Waals surface area contributed by atoms with Crippen molar-refractivity contribution in [3.8, 4) is 6.07 Å². The number of anilines is 2. The normalized spacial score (nSPS) is 11.5. The van der Waals surface area contributed by atoms with Crippen LogP contribution in [0.25, 0.3) is 0 Å². The summed E-state index contributed by atoms with van der Waals surface area (Å²) < 4.78 is 0. The van der Waals surface area contributed by atoms with Crippen molar-refractivity contribution in [2.24, 2.45) is 5.41 Å². The number of nitrogens with one attached hydrogen (secondary N) is 2. The zero-order valence-electron chi connectivity index (χ0n) is 13.4. The van der Waals surface area contributed by atoms with Crippen molar-refractivity contribution in [1.82, 2.24) is 0 Å². The van der Waals surface area contributed by atoms with Crippen LogP contribution < -0.4 is 10.6 Å². The van der Waals surface area contributed by atoms with Crippen LogP contribution in [0, 0.1) is 16.7 Å². The fourth-order valence-corrected chi connectivity index (χ4v) is 1.54. The van der Waals surface area contributed by atoms with Gasteiger partial charge < -0.3 is 10.6 Å². The Labute approximate surface area is 131 Å². The van der Waals surface area contributed by atoms with Crippen LogP contribution in [-0.2, 0) is 9.59 Å². The minimum absolute atomic E-state index is 0.0650. The molecule has 0 aromatic heterocycles. The molecule has 0 saturated carbocycles. The zero-order valence-corrected chi connectivity index (χ0v) is 13.4. The fraction of sp³-hybridized carbons (Fsp3) is 0.353. The SMILES string of the molecule is C/C(=C\C(=O)Nc1cccc(NC(=O)CC#N)c1)C(C)(C)C. The summed E-state index contributed by atoms with van der Waals surface area (Å²) in [5.74, 6) is -0.595. The lowest BCUT2D eigenvalue weighted by Gasteiger charge is -2.19. The summed E-state index contributed by atoms with van der Waals surface area (Å²) in [6.07, 6.45) is 1.37. The van der Waals surface area contributed by atoms with Crippen LogP contribution in [0.15, 0.2) is 35.9 Å². The van der Waals surface area contributed by atoms with Gasteiger partial charge in [-0.1, -0.05) is 32.4 Å². The average Bonchev–Trinajstić information content (AvgIpc) is 2.37. The van der Waals surface area contributed by atoms with Gasteiger partial charge in [0.05, 0.1) is 6.07 Å². The Hall–Kier alpha value is -2.61. The maximum atomic E-state index is 12.0. The first-order valence-electron chi connectivity index (χ1n) is 6.99. The Bertz CT molecular complexity index is 634. The molecule has 2 N–H and O–H groups in total. The highest BCUT2D eigenvalue weighted by molar-refractivity contribution is 6.00. The van der Waals surface area contributed by atoms with Crippen LogP contribution in [0.2, 0.25) is 0 Å². The number of rotatable bonds is 4. The molecule has 2 amide bonds. The highest BCUT2D eigenvalue weighted by atomic mass is 16.2. The molecule has 0 heterocycles. The number of nitrogens with zero attached hydrogens (tertiary/aromatic N) is 1. The van der Waals surface area contributed by atoms with Crippen LogP contribution in [-0.4, -0.2) is 11.8 Å². The zero-order chi connectivity index (χ0) is 16.8. The molecular formula is C17H21N3O2. The number of hydrogen-bond donors (Lipinski definition) is 2. The second kappa shape index (κ2) is 7.41. The third kappa shape index (κ3) is 5.80. The lowest BCUT2D eigenvalue weighted by Crippen LogP contribution is -2.14. The maximum Gasteiger partial charge on any atom is 0.248 e. The summed E-state index contributed by atoms with van der Waals surface area (Å²) in [6.45, 7) is 8.03. The van der Waals surface area contributed by atoms with Gasteiger partial charge in [0.15, 0.2) is 0 Å². The van der Waals surface area contributed by atoms with Gasteiger partial charge in [-0.05, 0) is 30.5 Å². The van der Waals surface area contributed by atoms with E-state index in [2.05, 4.69) is 10.6 Å². The summed E-state index contributed by atoms with van der Waals surface area (Å²) in [6, 6.07) is 8.58. The summed E-state index contributed by atoms with van der Waals surface area (Å²) in [4.78, 5) is 23.4. The van der Waals surface area contributed by atoms with Crippen molar-refractivity contribution in [2.45, 2.75) is 34.1 Å². The second-order valence-electron chi connectivity index (χ2n) is 6.03. The second-order valence-corrected chi connectivity index (χ2v) is 6.03. The molecule has 0 aliphatic rings. The van der Waals surface area contributed by atoms with E-state index in [-0.39, 0.29) is 23.7 Å². The minimum atomic E-state index is -0.380. The third-order valence-electron chi connectivity index (χ3n) is 3.18. The lowest BCUT2D eigenvalue weighted by molar-refractivity contribution is -0.115. The first kappa shape index (κ1) is 17.4. The summed E-state index contributed by atoms with van der Waals surface area (Å²) in [5.41, 5.74) is 2.03. The highest BCUT2D eigenvalue weighted by Gasteiger charge is 2.13. The van der Waals surface area contributed by atoms with E-state index in [1.165, 1.54) is 0 Å². The first-order chi connectivity index (χ1) is 10.2. The van der Waals surface area contributed by atoms with Crippen molar-refractivity contribution in [2.75, 3.05) is 10.6 Å². The molecule has 1 aromatic carbocycles. The first-order valence-corrected chi connectivity index (χ1v) is 6.99. The van der Waals surface area contributed by atoms with Crippen LogP contribution in [0.4, 0.5) is 11.4 Å². The molecule has 0 bridgehead atoms. The molecule has 0 unspecified atom stereocenters. The molecule has 22 heavy (non-hydrogen) atoms. The van der Waals surface area contributed by atoms with Crippen LogP contribution in [0.3, 0.4) is 0 Å². The molecule has 0 saturated heterocycles. The number of carbonyl (C=O) groups excluding carboxylic acids is 2. The number of nitriles is 1. The molecule has 0 radical (unpaired) electrons. The Morgan fingerprint density at radius 3 is 2.36 bits per heavy atom. The van der Waals surface area contributed by atoms with E-state index in [9.17, 15) is 9.59 Å². The largest absolute Gasteiger partial charge is 0.325 e. The van der Waals surface area contributed by atoms with Gasteiger partial charge in [0.1, 0.15) is 6.42 Å². The predicted octanol–water partition coefficient (Wildman–Crippen LogP) is 3.47. The molecular weight excluding hydrogens is 278 g/mol. The van der Waals surface area contributed by atoms with Gasteiger partial charge in [-0.25, -0.2) is 0 Å². The Kier molecular flexibility index (Phi) is 5.88. The molecule has 1 rings (SSSR count). The lowest BCUT2D eigenvalue weighted by atomic mass is 9.87. The number of amides is 2. The Morgan fingerprint density at radius 1 is 1.23 bits per heavy atom. The molecule has 5 heteroatoms. The van der Waals surface area contributed by atoms with E-state index in [0.717, 1.165) is 5.57 Å². The molecule has 0 aliphatic carbocycles. The summed E-state index contributed by atoms with van der Waals surface area (Å²) in [7, 11) is 0. The standard InChI is InChI=1S/C17H21N3O2/c1-12(17(2,3)4)10-16(22)20-14-7-5-6-13(11-14)19-15(21)8-9-18/h5-7,10-11H,8H2,1-4H3,(H,19,21)(H,20,22)/b12-10+. The van der Waals surface area contributed by atoms with Gasteiger partial charge >= 0.3 is 0 Å². The van der Waals surface area contributed by atoms with Crippen molar-refractivity contribution >= 4 is 23.2 Å². The third-order valence-corrected chi connectivity index (χ3v) is 3.18. The van der Waals surface area contributed by atoms with Gasteiger partial charge in [0, 0.05) is 17.5 Å². The van der Waals surface area contributed by atoms with E-state index < -0.39 is 0 Å². The number of carbonyl (C=O) groups is 2. The van der Waals surface area contributed by atoms with E-state index in [4.69, 9.17) is 5.26 Å². The number of allylic oxidation sites excluding steroid dienone is 1. The number of hydrogen-bond acceptors (Lipinski definition) is 3.